The standard InChI is InChI=1S/C17H20.C10H20N2.C6H12/c1-11-6-7-12(2)16(8-11)10-17-14(4)9-13(3)15(17)5;1-9(2)12-7-5-10(6-8-12)11(3)4;1-2-4-6-5-3-1/h6-10,15H,4H2,1-3,5H3;10H,1,5-8H2,2-4H3;1-6H2/b17-10-;;. The lowest BCUT2D eigenvalue weighted by Crippen LogP contribution is -2.40. The summed E-state index contributed by atoms with van der Waals surface area (Å²) in [7, 11) is 4.34. The highest BCUT2D eigenvalue weighted by atomic mass is 15.2. The van der Waals surface area contributed by atoms with Gasteiger partial charge in [0.25, 0.3) is 0 Å². The van der Waals surface area contributed by atoms with Crippen molar-refractivity contribution in [3.63, 3.8) is 0 Å². The number of hydrogen-bond acceptors (Lipinski definition) is 2. The van der Waals surface area contributed by atoms with Crippen molar-refractivity contribution in [3.05, 3.63) is 76.5 Å². The SMILES string of the molecule is C1CCCCC1.C=C(C)N1CCC(N(C)C)CC1.C=C1C=C(C)C(C)/C1=C\c1cc(C)ccc1C. The predicted molar refractivity (Wildman–Crippen MR) is 157 cm³/mol. The second kappa shape index (κ2) is 14.5. The molecule has 1 saturated heterocycles. The number of aryl methyl sites for hydroxylation is 2. The summed E-state index contributed by atoms with van der Waals surface area (Å²) < 4.78 is 0. The van der Waals surface area contributed by atoms with Crippen LogP contribution in [0.25, 0.3) is 6.08 Å². The van der Waals surface area contributed by atoms with E-state index in [1.54, 1.807) is 0 Å². The van der Waals surface area contributed by atoms with Crippen molar-refractivity contribution in [1.29, 1.82) is 0 Å². The highest BCUT2D eigenvalue weighted by Crippen LogP contribution is 2.35. The van der Waals surface area contributed by atoms with Crippen LogP contribution in [0.3, 0.4) is 0 Å². The highest BCUT2D eigenvalue weighted by Gasteiger charge is 2.20. The molecule has 1 unspecified atom stereocenters. The first-order valence-corrected chi connectivity index (χ1v) is 13.8. The quantitative estimate of drug-likeness (QED) is 0.430. The minimum absolute atomic E-state index is 0.502. The largest absolute Gasteiger partial charge is 0.375 e. The van der Waals surface area contributed by atoms with Gasteiger partial charge in [-0.1, -0.05) is 100 Å². The van der Waals surface area contributed by atoms with E-state index in [2.05, 4.69) is 102 Å². The van der Waals surface area contributed by atoms with E-state index in [4.69, 9.17) is 0 Å². The molecule has 0 spiro atoms. The van der Waals surface area contributed by atoms with Gasteiger partial charge in [-0.2, -0.15) is 0 Å². The number of rotatable bonds is 3. The first-order valence-electron chi connectivity index (χ1n) is 13.8. The molecule has 2 aliphatic carbocycles. The van der Waals surface area contributed by atoms with Crippen LogP contribution in [0.4, 0.5) is 0 Å². The van der Waals surface area contributed by atoms with E-state index in [9.17, 15) is 0 Å². The highest BCUT2D eigenvalue weighted by molar-refractivity contribution is 5.67. The summed E-state index contributed by atoms with van der Waals surface area (Å²) in [6.07, 6.45) is 16.0. The fourth-order valence-electron chi connectivity index (χ4n) is 5.13. The van der Waals surface area contributed by atoms with Gasteiger partial charge in [0.15, 0.2) is 0 Å². The van der Waals surface area contributed by atoms with Crippen LogP contribution in [0.2, 0.25) is 0 Å². The zero-order valence-electron chi connectivity index (χ0n) is 23.9. The molecule has 0 radical (unpaired) electrons. The van der Waals surface area contributed by atoms with Crippen LogP contribution in [0, 0.1) is 19.8 Å². The average Bonchev–Trinajstić information content (AvgIpc) is 3.09. The van der Waals surface area contributed by atoms with Gasteiger partial charge < -0.3 is 9.80 Å². The molecule has 0 N–H and O–H groups in total. The van der Waals surface area contributed by atoms with Crippen LogP contribution >= 0.6 is 0 Å². The predicted octanol–water partition coefficient (Wildman–Crippen LogP) is 8.73. The molecule has 1 saturated carbocycles. The fourth-order valence-corrected chi connectivity index (χ4v) is 5.13. The fraction of sp³-hybridized carbons (Fsp3) is 0.576. The van der Waals surface area contributed by atoms with Crippen LogP contribution in [-0.2, 0) is 0 Å². The van der Waals surface area contributed by atoms with Crippen molar-refractivity contribution in [1.82, 2.24) is 9.80 Å². The molecule has 0 aromatic heterocycles. The lowest BCUT2D eigenvalue weighted by atomic mass is 9.94. The van der Waals surface area contributed by atoms with Crippen LogP contribution < -0.4 is 0 Å². The van der Waals surface area contributed by atoms with Gasteiger partial charge in [-0.15, -0.1) is 0 Å². The Morgan fingerprint density at radius 3 is 1.94 bits per heavy atom. The second-order valence-corrected chi connectivity index (χ2v) is 11.1. The zero-order valence-corrected chi connectivity index (χ0v) is 23.9. The molecule has 1 atom stereocenters. The van der Waals surface area contributed by atoms with E-state index in [-0.39, 0.29) is 0 Å². The number of hydrogen-bond donors (Lipinski definition) is 0. The number of benzene rings is 1. The summed E-state index contributed by atoms with van der Waals surface area (Å²) in [4.78, 5) is 4.70. The second-order valence-electron chi connectivity index (χ2n) is 11.1. The Bertz CT molecular complexity index is 878. The number of nitrogens with zero attached hydrogens (tertiary/aromatic N) is 2. The molecule has 1 heterocycles. The molecule has 194 valence electrons. The third-order valence-corrected chi connectivity index (χ3v) is 7.90. The molecule has 2 heteroatoms. The Labute approximate surface area is 217 Å². The third-order valence-electron chi connectivity index (χ3n) is 7.90. The molecule has 0 bridgehead atoms. The Kier molecular flexibility index (Phi) is 12.1. The van der Waals surface area contributed by atoms with Crippen molar-refractivity contribution in [2.45, 2.75) is 92.0 Å². The summed E-state index contributed by atoms with van der Waals surface area (Å²) in [6, 6.07) is 7.37. The minimum Gasteiger partial charge on any atom is -0.375 e. The van der Waals surface area contributed by atoms with Gasteiger partial charge in [0, 0.05) is 30.7 Å². The van der Waals surface area contributed by atoms with Gasteiger partial charge in [0.05, 0.1) is 0 Å². The van der Waals surface area contributed by atoms with Crippen LogP contribution in [0.1, 0.15) is 88.8 Å². The Balaban J connectivity index is 0.000000207. The lowest BCUT2D eigenvalue weighted by Gasteiger charge is -2.36. The van der Waals surface area contributed by atoms with Gasteiger partial charge in [-0.05, 0) is 76.9 Å². The average molecular weight is 477 g/mol. The van der Waals surface area contributed by atoms with E-state index in [1.165, 1.54) is 98.0 Å². The maximum atomic E-state index is 4.14. The third kappa shape index (κ3) is 9.49. The topological polar surface area (TPSA) is 6.48 Å². The molecule has 1 aromatic rings. The number of allylic oxidation sites excluding steroid dienone is 5. The first-order chi connectivity index (χ1) is 16.6. The molecule has 35 heavy (non-hydrogen) atoms. The summed E-state index contributed by atoms with van der Waals surface area (Å²) in [5.74, 6) is 0.502. The Hall–Kier alpha value is -2.06. The molecule has 0 amide bonds. The molecule has 2 fully saturated rings. The first kappa shape index (κ1) is 29.2. The molecular weight excluding hydrogens is 424 g/mol. The minimum atomic E-state index is 0.502. The molecule has 1 aromatic carbocycles. The maximum Gasteiger partial charge on any atom is 0.0189 e. The molecule has 4 rings (SSSR count). The molecule has 3 aliphatic rings. The van der Waals surface area contributed by atoms with E-state index < -0.39 is 0 Å². The van der Waals surface area contributed by atoms with E-state index in [0.29, 0.717) is 5.92 Å². The van der Waals surface area contributed by atoms with Gasteiger partial charge in [0.1, 0.15) is 0 Å². The monoisotopic (exact) mass is 476 g/mol. The zero-order chi connectivity index (χ0) is 26.0. The van der Waals surface area contributed by atoms with E-state index in [1.807, 2.05) is 0 Å². The summed E-state index contributed by atoms with van der Waals surface area (Å²) in [6.45, 7) is 21.3. The van der Waals surface area contributed by atoms with Gasteiger partial charge in [0.2, 0.25) is 0 Å². The Morgan fingerprint density at radius 1 is 0.971 bits per heavy atom. The molecular formula is C33H52N2. The maximum absolute atomic E-state index is 4.14. The smallest absolute Gasteiger partial charge is 0.0189 e. The van der Waals surface area contributed by atoms with E-state index >= 15 is 0 Å². The summed E-state index contributed by atoms with van der Waals surface area (Å²) in [5, 5.41) is 0. The molecule has 2 nitrogen and oxygen atoms in total. The lowest BCUT2D eigenvalue weighted by molar-refractivity contribution is 0.171. The van der Waals surface area contributed by atoms with Gasteiger partial charge >= 0.3 is 0 Å². The van der Waals surface area contributed by atoms with Gasteiger partial charge in [-0.3, -0.25) is 0 Å². The number of likely N-dealkylation sites (tertiary alicyclic amines) is 1. The molecule has 1 aliphatic heterocycles. The van der Waals surface area contributed by atoms with Crippen LogP contribution in [0.5, 0.6) is 0 Å². The normalized spacial score (nSPS) is 21.8. The van der Waals surface area contributed by atoms with Crippen molar-refractivity contribution >= 4 is 6.08 Å². The van der Waals surface area contributed by atoms with Crippen molar-refractivity contribution in [2.75, 3.05) is 27.2 Å². The summed E-state index contributed by atoms with van der Waals surface area (Å²) in [5.41, 5.74) is 9.10. The van der Waals surface area contributed by atoms with Crippen molar-refractivity contribution in [3.8, 4) is 0 Å². The van der Waals surface area contributed by atoms with Crippen LogP contribution in [0.15, 0.2) is 59.8 Å². The van der Waals surface area contributed by atoms with Gasteiger partial charge in [-0.25, -0.2) is 0 Å². The number of piperidine rings is 1. The summed E-state index contributed by atoms with van der Waals surface area (Å²) >= 11 is 0. The van der Waals surface area contributed by atoms with Crippen LogP contribution in [-0.4, -0.2) is 43.0 Å². The van der Waals surface area contributed by atoms with E-state index in [0.717, 1.165) is 11.6 Å². The Morgan fingerprint density at radius 2 is 1.51 bits per heavy atom. The van der Waals surface area contributed by atoms with Crippen molar-refractivity contribution in [2.24, 2.45) is 5.92 Å². The van der Waals surface area contributed by atoms with Crippen molar-refractivity contribution < 1.29 is 0 Å².